The number of halogens is 2. The summed E-state index contributed by atoms with van der Waals surface area (Å²) in [5.41, 5.74) is 5.52. The van der Waals surface area contributed by atoms with E-state index in [1.165, 1.54) is 12.1 Å². The zero-order valence-corrected chi connectivity index (χ0v) is 10.7. The summed E-state index contributed by atoms with van der Waals surface area (Å²) in [4.78, 5) is 17.3. The van der Waals surface area contributed by atoms with Crippen molar-refractivity contribution in [2.45, 2.75) is 6.61 Å². The largest absolute Gasteiger partial charge is 0.459 e. The number of benzene rings is 1. The molecule has 0 aliphatic rings. The first-order chi connectivity index (χ1) is 9.47. The van der Waals surface area contributed by atoms with Gasteiger partial charge in [0.2, 0.25) is 0 Å². The van der Waals surface area contributed by atoms with E-state index < -0.39 is 10.7 Å². The van der Waals surface area contributed by atoms with Crippen LogP contribution in [-0.4, -0.2) is 14.9 Å². The molecule has 0 unspecified atom stereocenters. The lowest BCUT2D eigenvalue weighted by atomic mass is 10.2. The van der Waals surface area contributed by atoms with Gasteiger partial charge in [-0.3, -0.25) is 10.1 Å². The van der Waals surface area contributed by atoms with E-state index in [0.717, 1.165) is 6.20 Å². The van der Waals surface area contributed by atoms with Gasteiger partial charge >= 0.3 is 6.01 Å². The van der Waals surface area contributed by atoms with E-state index in [9.17, 15) is 14.5 Å². The summed E-state index contributed by atoms with van der Waals surface area (Å²) in [5.74, 6) is -1.09. The molecule has 0 spiro atoms. The SMILES string of the molecule is Nc1nc(OCc2ccc(Cl)c([N+](=O)[O-])c2)ncc1F. The summed E-state index contributed by atoms with van der Waals surface area (Å²) in [5, 5.41) is 10.8. The third-order valence-corrected chi connectivity index (χ3v) is 2.64. The highest BCUT2D eigenvalue weighted by atomic mass is 35.5. The van der Waals surface area contributed by atoms with Crippen molar-refractivity contribution in [3.8, 4) is 6.01 Å². The predicted octanol–water partition coefficient (Wildman–Crippen LogP) is 2.34. The van der Waals surface area contributed by atoms with Crippen LogP contribution in [0.2, 0.25) is 5.02 Å². The number of nitrogens with two attached hydrogens (primary N) is 1. The van der Waals surface area contributed by atoms with Crippen molar-refractivity contribution in [3.63, 3.8) is 0 Å². The molecule has 1 aromatic carbocycles. The summed E-state index contributed by atoms with van der Waals surface area (Å²) < 4.78 is 18.0. The monoisotopic (exact) mass is 298 g/mol. The lowest BCUT2D eigenvalue weighted by Gasteiger charge is -2.05. The average molecular weight is 299 g/mol. The lowest BCUT2D eigenvalue weighted by molar-refractivity contribution is -0.384. The first-order valence-electron chi connectivity index (χ1n) is 5.31. The number of nitro groups is 1. The van der Waals surface area contributed by atoms with Crippen LogP contribution in [0, 0.1) is 15.9 Å². The highest BCUT2D eigenvalue weighted by molar-refractivity contribution is 6.32. The first-order valence-corrected chi connectivity index (χ1v) is 5.69. The van der Waals surface area contributed by atoms with E-state index in [-0.39, 0.29) is 29.1 Å². The van der Waals surface area contributed by atoms with Gasteiger partial charge in [0.15, 0.2) is 11.6 Å². The number of ether oxygens (including phenoxy) is 1. The molecule has 7 nitrogen and oxygen atoms in total. The van der Waals surface area contributed by atoms with E-state index in [1.807, 2.05) is 0 Å². The topological polar surface area (TPSA) is 104 Å². The van der Waals surface area contributed by atoms with Crippen LogP contribution in [0.1, 0.15) is 5.56 Å². The van der Waals surface area contributed by atoms with Crippen molar-refractivity contribution in [3.05, 3.63) is 50.9 Å². The van der Waals surface area contributed by atoms with E-state index >= 15 is 0 Å². The van der Waals surface area contributed by atoms with Gasteiger partial charge in [0.1, 0.15) is 11.6 Å². The van der Waals surface area contributed by atoms with Crippen molar-refractivity contribution < 1.29 is 14.1 Å². The normalized spacial score (nSPS) is 10.3. The molecule has 0 saturated heterocycles. The number of rotatable bonds is 4. The number of nitrogen functional groups attached to an aromatic ring is 1. The third kappa shape index (κ3) is 3.09. The summed E-state index contributed by atoms with van der Waals surface area (Å²) in [7, 11) is 0. The molecule has 2 N–H and O–H groups in total. The van der Waals surface area contributed by atoms with Gasteiger partial charge in [-0.15, -0.1) is 0 Å². The van der Waals surface area contributed by atoms with Gasteiger partial charge in [0.25, 0.3) is 5.69 Å². The van der Waals surface area contributed by atoms with Crippen LogP contribution >= 0.6 is 11.6 Å². The minimum absolute atomic E-state index is 0.0287. The minimum atomic E-state index is -0.750. The summed E-state index contributed by atoms with van der Waals surface area (Å²) in [6.45, 7) is -0.0386. The number of hydrogen-bond acceptors (Lipinski definition) is 6. The Labute approximate surface area is 117 Å². The molecule has 0 amide bonds. The number of aromatic nitrogens is 2. The summed E-state index contributed by atoms with van der Waals surface area (Å²) >= 11 is 5.68. The molecular weight excluding hydrogens is 291 g/mol. The molecule has 0 saturated carbocycles. The highest BCUT2D eigenvalue weighted by Gasteiger charge is 2.13. The molecule has 0 bridgehead atoms. The Morgan fingerprint density at radius 1 is 1.50 bits per heavy atom. The maximum absolute atomic E-state index is 12.9. The van der Waals surface area contributed by atoms with Gasteiger partial charge in [-0.1, -0.05) is 17.7 Å². The highest BCUT2D eigenvalue weighted by Crippen LogP contribution is 2.25. The van der Waals surface area contributed by atoms with Gasteiger partial charge < -0.3 is 10.5 Å². The summed E-state index contributed by atoms with van der Waals surface area (Å²) in [6, 6.07) is 4.09. The molecule has 2 aromatic rings. The zero-order chi connectivity index (χ0) is 14.7. The molecule has 0 aliphatic heterocycles. The first kappa shape index (κ1) is 13.9. The third-order valence-electron chi connectivity index (χ3n) is 2.32. The van der Waals surface area contributed by atoms with Crippen LogP contribution in [0.4, 0.5) is 15.9 Å². The zero-order valence-electron chi connectivity index (χ0n) is 9.92. The average Bonchev–Trinajstić information content (AvgIpc) is 2.41. The Kier molecular flexibility index (Phi) is 3.94. The second kappa shape index (κ2) is 5.66. The lowest BCUT2D eigenvalue weighted by Crippen LogP contribution is -2.03. The fraction of sp³-hybridized carbons (Fsp3) is 0.0909. The molecule has 0 radical (unpaired) electrons. The minimum Gasteiger partial charge on any atom is -0.459 e. The van der Waals surface area contributed by atoms with Crippen LogP contribution in [0.5, 0.6) is 6.01 Å². The Morgan fingerprint density at radius 3 is 2.90 bits per heavy atom. The number of nitro benzene ring substituents is 1. The fourth-order valence-corrected chi connectivity index (χ4v) is 1.56. The smallest absolute Gasteiger partial charge is 0.318 e. The van der Waals surface area contributed by atoms with Crippen LogP contribution < -0.4 is 10.5 Å². The Morgan fingerprint density at radius 2 is 2.25 bits per heavy atom. The molecule has 2 rings (SSSR count). The predicted molar refractivity (Wildman–Crippen MR) is 68.8 cm³/mol. The van der Waals surface area contributed by atoms with Crippen LogP contribution in [0.3, 0.4) is 0 Å². The van der Waals surface area contributed by atoms with Crippen molar-refractivity contribution in [1.29, 1.82) is 0 Å². The van der Waals surface area contributed by atoms with E-state index in [0.29, 0.717) is 5.56 Å². The molecule has 1 aromatic heterocycles. The number of anilines is 1. The molecule has 0 aliphatic carbocycles. The van der Waals surface area contributed by atoms with Crippen LogP contribution in [0.25, 0.3) is 0 Å². The molecular formula is C11H8ClFN4O3. The number of hydrogen-bond donors (Lipinski definition) is 1. The van der Waals surface area contributed by atoms with Crippen LogP contribution in [-0.2, 0) is 6.61 Å². The Hall–Kier alpha value is -2.48. The second-order valence-corrected chi connectivity index (χ2v) is 4.12. The molecule has 1 heterocycles. The Balaban J connectivity index is 2.12. The molecule has 0 atom stereocenters. The van der Waals surface area contributed by atoms with Gasteiger partial charge in [-0.25, -0.2) is 9.37 Å². The van der Waals surface area contributed by atoms with Gasteiger partial charge in [0, 0.05) is 6.07 Å². The molecule has 104 valence electrons. The van der Waals surface area contributed by atoms with Crippen molar-refractivity contribution in [2.24, 2.45) is 0 Å². The standard InChI is InChI=1S/C11H8ClFN4O3/c12-7-2-1-6(3-9(7)17(18)19)5-20-11-15-4-8(13)10(14)16-11/h1-4H,5H2,(H2,14,15,16). The van der Waals surface area contributed by atoms with Crippen molar-refractivity contribution in [2.75, 3.05) is 5.73 Å². The van der Waals surface area contributed by atoms with Crippen molar-refractivity contribution in [1.82, 2.24) is 9.97 Å². The van der Waals surface area contributed by atoms with Crippen molar-refractivity contribution >= 4 is 23.1 Å². The maximum atomic E-state index is 12.9. The van der Waals surface area contributed by atoms with E-state index in [4.69, 9.17) is 22.1 Å². The maximum Gasteiger partial charge on any atom is 0.318 e. The molecule has 20 heavy (non-hydrogen) atoms. The van der Waals surface area contributed by atoms with Gasteiger partial charge in [-0.2, -0.15) is 4.98 Å². The number of nitrogens with zero attached hydrogens (tertiary/aromatic N) is 3. The summed E-state index contributed by atoms with van der Waals surface area (Å²) in [6.07, 6.45) is 0.877. The second-order valence-electron chi connectivity index (χ2n) is 3.72. The van der Waals surface area contributed by atoms with E-state index in [2.05, 4.69) is 9.97 Å². The quantitative estimate of drug-likeness (QED) is 0.686. The molecule has 0 fully saturated rings. The van der Waals surface area contributed by atoms with Gasteiger partial charge in [-0.05, 0) is 11.6 Å². The van der Waals surface area contributed by atoms with Crippen LogP contribution in [0.15, 0.2) is 24.4 Å². The van der Waals surface area contributed by atoms with Gasteiger partial charge in [0.05, 0.1) is 11.1 Å². The molecule has 9 heteroatoms. The fourth-order valence-electron chi connectivity index (χ4n) is 1.37. The van der Waals surface area contributed by atoms with E-state index in [1.54, 1.807) is 6.07 Å². The Bertz CT molecular complexity index is 668.